The number of aldehydes is 1. The van der Waals surface area contributed by atoms with Gasteiger partial charge >= 0.3 is 18.1 Å². The normalized spacial score (nSPS) is 14.6. The van der Waals surface area contributed by atoms with Crippen LogP contribution in [-0.2, 0) is 49.6 Å². The number of benzene rings is 1. The topological polar surface area (TPSA) is 266 Å². The molecule has 0 saturated carbocycles. The molecule has 20 heteroatoms. The number of carboxylic acids is 2. The number of carbonyl (C=O) groups is 9. The first-order chi connectivity index (χ1) is 27.8. The van der Waals surface area contributed by atoms with Gasteiger partial charge in [0.15, 0.2) is 0 Å². The van der Waals surface area contributed by atoms with E-state index in [-0.39, 0.29) is 31.5 Å². The van der Waals surface area contributed by atoms with Gasteiger partial charge in [-0.05, 0) is 42.2 Å². The van der Waals surface area contributed by atoms with Crippen LogP contribution in [0.15, 0.2) is 24.3 Å². The fraction of sp³-hybridized carbons (Fsp3) is 0.625. The minimum Gasteiger partial charge on any atom is -0.481 e. The molecule has 0 aliphatic rings. The number of alkyl halides is 3. The highest BCUT2D eigenvalue weighted by atomic mass is 19.4. The van der Waals surface area contributed by atoms with E-state index in [1.807, 2.05) is 5.32 Å². The molecule has 0 spiro atoms. The Bertz CT molecular complexity index is 1680. The van der Waals surface area contributed by atoms with Crippen LogP contribution in [0, 0.1) is 18.3 Å². The van der Waals surface area contributed by atoms with E-state index in [9.17, 15) is 61.4 Å². The molecule has 0 aliphatic heterocycles. The summed E-state index contributed by atoms with van der Waals surface area (Å²) in [6, 6.07) is -2.26. The van der Waals surface area contributed by atoms with Crippen LogP contribution >= 0.6 is 0 Å². The molecule has 60 heavy (non-hydrogen) atoms. The lowest BCUT2D eigenvalue weighted by Crippen LogP contribution is -2.62. The lowest BCUT2D eigenvalue weighted by atomic mass is 9.85. The highest BCUT2D eigenvalue weighted by Gasteiger charge is 2.39. The number of nitrogens with one attached hydrogen (secondary N) is 6. The van der Waals surface area contributed by atoms with Gasteiger partial charge in [-0.25, -0.2) is 0 Å². The Morgan fingerprint density at radius 3 is 1.78 bits per heavy atom. The summed E-state index contributed by atoms with van der Waals surface area (Å²) in [5.41, 5.74) is 0.289. The van der Waals surface area contributed by atoms with Gasteiger partial charge < -0.3 is 46.9 Å². The lowest BCUT2D eigenvalue weighted by molar-refractivity contribution is -0.147. The molecule has 0 saturated heterocycles. The van der Waals surface area contributed by atoms with E-state index in [4.69, 9.17) is 5.11 Å². The molecule has 6 amide bonds. The number of halogens is 3. The van der Waals surface area contributed by atoms with E-state index in [0.717, 1.165) is 5.56 Å². The maximum absolute atomic E-state index is 14.2. The first-order valence-corrected chi connectivity index (χ1v) is 19.6. The predicted molar refractivity (Wildman–Crippen MR) is 211 cm³/mol. The van der Waals surface area contributed by atoms with E-state index >= 15 is 0 Å². The Morgan fingerprint density at radius 1 is 0.717 bits per heavy atom. The number of carbonyl (C=O) groups excluding carboxylic acids is 7. The van der Waals surface area contributed by atoms with Crippen LogP contribution in [0.4, 0.5) is 13.2 Å². The number of carboxylic acid groups (broad SMARTS) is 2. The minimum atomic E-state index is -4.77. The first kappa shape index (κ1) is 52.5. The van der Waals surface area contributed by atoms with Gasteiger partial charge in [-0.1, -0.05) is 78.6 Å². The molecule has 0 radical (unpaired) electrons. The highest BCUT2D eigenvalue weighted by Crippen LogP contribution is 2.23. The van der Waals surface area contributed by atoms with Gasteiger partial charge in [0.25, 0.3) is 0 Å². The number of hydrogen-bond acceptors (Lipinski definition) is 9. The third kappa shape index (κ3) is 19.9. The Hall–Kier alpha value is -5.56. The summed E-state index contributed by atoms with van der Waals surface area (Å²) < 4.78 is 39.1. The van der Waals surface area contributed by atoms with Crippen molar-refractivity contribution in [2.24, 2.45) is 11.3 Å². The molecule has 1 aromatic rings. The summed E-state index contributed by atoms with van der Waals surface area (Å²) in [5.74, 6) is -8.68. The monoisotopic (exact) mass is 856 g/mol. The van der Waals surface area contributed by atoms with Crippen LogP contribution in [-0.4, -0.2) is 106 Å². The van der Waals surface area contributed by atoms with Crippen molar-refractivity contribution < 1.29 is 66.5 Å². The number of rotatable bonds is 25. The smallest absolute Gasteiger partial charge is 0.391 e. The number of aryl methyl sites for hydroxylation is 1. The van der Waals surface area contributed by atoms with E-state index in [0.29, 0.717) is 18.4 Å². The molecule has 1 rings (SSSR count). The van der Waals surface area contributed by atoms with E-state index < -0.39 is 121 Å². The second-order valence-corrected chi connectivity index (χ2v) is 16.1. The van der Waals surface area contributed by atoms with E-state index in [2.05, 4.69) is 26.6 Å². The third-order valence-corrected chi connectivity index (χ3v) is 9.09. The standard InChI is InChI=1S/C40H59F3N6O11/c1-8-9-14-26(46-36(58)29(19-32(54)55)45-30(51)15-16-31(52)53)34(56)47-28(18-24-13-11-10-12-23(24)4)37(59)49-33(39(5,6)7)38(60)48-27(17-22(2)3)35(57)44-25(21-50)20-40(41,42)43/h10-13,21-22,25-29,33H,8-9,14-20H2,1-7H3,(H,44,57)(H,45,51)(H,46,58)(H,47,56)(H,48,60)(H,49,59)(H,52,53)(H,54,55)/t25?,26-,27+,28+,29+,33-/m1/s1. The fourth-order valence-electron chi connectivity index (χ4n) is 5.90. The Balaban J connectivity index is 3.51. The molecule has 0 heterocycles. The summed E-state index contributed by atoms with van der Waals surface area (Å²) >= 11 is 0. The predicted octanol–water partition coefficient (Wildman–Crippen LogP) is 2.22. The maximum Gasteiger partial charge on any atom is 0.391 e. The molecule has 0 fully saturated rings. The Labute approximate surface area is 347 Å². The zero-order valence-electron chi connectivity index (χ0n) is 35.0. The third-order valence-electron chi connectivity index (χ3n) is 9.09. The Morgan fingerprint density at radius 2 is 1.27 bits per heavy atom. The van der Waals surface area contributed by atoms with Gasteiger partial charge in [-0.15, -0.1) is 0 Å². The van der Waals surface area contributed by atoms with Crippen molar-refractivity contribution in [2.75, 3.05) is 0 Å². The fourth-order valence-corrected chi connectivity index (χ4v) is 5.90. The zero-order valence-corrected chi connectivity index (χ0v) is 35.0. The van der Waals surface area contributed by atoms with E-state index in [1.165, 1.54) is 0 Å². The molecular formula is C40H59F3N6O11. The molecule has 1 aromatic carbocycles. The molecule has 1 unspecified atom stereocenters. The molecule has 336 valence electrons. The molecule has 17 nitrogen and oxygen atoms in total. The molecule has 6 atom stereocenters. The largest absolute Gasteiger partial charge is 0.481 e. The van der Waals surface area contributed by atoms with Gasteiger partial charge in [0.2, 0.25) is 35.4 Å². The maximum atomic E-state index is 14.2. The highest BCUT2D eigenvalue weighted by molar-refractivity contribution is 5.97. The molecule has 0 aromatic heterocycles. The molecular weight excluding hydrogens is 797 g/mol. The average Bonchev–Trinajstić information content (AvgIpc) is 3.12. The van der Waals surface area contributed by atoms with Crippen molar-refractivity contribution >= 4 is 53.7 Å². The van der Waals surface area contributed by atoms with Gasteiger partial charge in [-0.3, -0.25) is 38.4 Å². The van der Waals surface area contributed by atoms with Crippen molar-refractivity contribution in [1.29, 1.82) is 0 Å². The second kappa shape index (κ2) is 24.5. The van der Waals surface area contributed by atoms with Gasteiger partial charge in [-0.2, -0.15) is 13.2 Å². The number of aliphatic carboxylic acids is 2. The quantitative estimate of drug-likeness (QED) is 0.0661. The van der Waals surface area contributed by atoms with Crippen molar-refractivity contribution in [1.82, 2.24) is 31.9 Å². The van der Waals surface area contributed by atoms with Crippen LogP contribution in [0.5, 0.6) is 0 Å². The van der Waals surface area contributed by atoms with Gasteiger partial charge in [0.1, 0.15) is 36.5 Å². The number of unbranched alkanes of at least 4 members (excludes halogenated alkanes) is 1. The van der Waals surface area contributed by atoms with Crippen LogP contribution < -0.4 is 31.9 Å². The van der Waals surface area contributed by atoms with Crippen molar-refractivity contribution in [2.45, 2.75) is 149 Å². The van der Waals surface area contributed by atoms with Crippen LogP contribution in [0.25, 0.3) is 0 Å². The minimum absolute atomic E-state index is 0.0137. The zero-order chi connectivity index (χ0) is 46.0. The van der Waals surface area contributed by atoms with Gasteiger partial charge in [0, 0.05) is 12.8 Å². The summed E-state index contributed by atoms with van der Waals surface area (Å²) in [6.07, 6.45) is -7.71. The lowest BCUT2D eigenvalue weighted by Gasteiger charge is -2.34. The summed E-state index contributed by atoms with van der Waals surface area (Å²) in [7, 11) is 0. The summed E-state index contributed by atoms with van der Waals surface area (Å²) in [4.78, 5) is 115. The second-order valence-electron chi connectivity index (χ2n) is 16.1. The van der Waals surface area contributed by atoms with Crippen LogP contribution in [0.3, 0.4) is 0 Å². The van der Waals surface area contributed by atoms with E-state index in [1.54, 1.807) is 72.7 Å². The molecule has 0 aliphatic carbocycles. The van der Waals surface area contributed by atoms with Crippen LogP contribution in [0.1, 0.15) is 104 Å². The first-order valence-electron chi connectivity index (χ1n) is 19.6. The Kier molecular flexibility index (Phi) is 21.4. The molecule has 0 bridgehead atoms. The van der Waals surface area contributed by atoms with Gasteiger partial charge in [0.05, 0.1) is 25.3 Å². The summed E-state index contributed by atoms with van der Waals surface area (Å²) in [6.45, 7) is 11.8. The van der Waals surface area contributed by atoms with Crippen LogP contribution in [0.2, 0.25) is 0 Å². The van der Waals surface area contributed by atoms with Crippen molar-refractivity contribution in [3.05, 3.63) is 35.4 Å². The van der Waals surface area contributed by atoms with Crippen molar-refractivity contribution in [3.8, 4) is 0 Å². The number of amides is 6. The SMILES string of the molecule is CCCC[C@@H](NC(=O)[C@H](CC(=O)O)NC(=O)CCC(=O)O)C(=O)N[C@@H](Cc1ccccc1C)C(=O)N[C@H](C(=O)N[C@@H](CC(C)C)C(=O)NC(C=O)CC(F)(F)F)C(C)(C)C. The van der Waals surface area contributed by atoms with Crippen molar-refractivity contribution in [3.63, 3.8) is 0 Å². The molecule has 8 N–H and O–H groups in total. The summed E-state index contributed by atoms with van der Waals surface area (Å²) in [5, 5.41) is 32.7. The average molecular weight is 857 g/mol. The number of hydrogen-bond donors (Lipinski definition) is 8.